The van der Waals surface area contributed by atoms with Crippen LogP contribution in [0.15, 0.2) is 48.5 Å². The third kappa shape index (κ3) is 5.61. The summed E-state index contributed by atoms with van der Waals surface area (Å²) in [4.78, 5) is 0. The Kier molecular flexibility index (Phi) is 7.36. The van der Waals surface area contributed by atoms with Gasteiger partial charge in [-0.2, -0.15) is 0 Å². The monoisotopic (exact) mass is 473 g/mol. The van der Waals surface area contributed by atoms with E-state index in [0.717, 1.165) is 11.1 Å². The van der Waals surface area contributed by atoms with Crippen LogP contribution >= 0.6 is 46.4 Å². The van der Waals surface area contributed by atoms with Gasteiger partial charge >= 0.3 is 0 Å². The number of hydrogen-bond acceptors (Lipinski definition) is 3. The van der Waals surface area contributed by atoms with Gasteiger partial charge in [0, 0.05) is 12.2 Å². The number of hydrogen-bond donors (Lipinski definition) is 1. The largest absolute Gasteiger partial charge is 0.493 e. The Morgan fingerprint density at radius 1 is 0.828 bits per heavy atom. The first kappa shape index (κ1) is 21.8. The summed E-state index contributed by atoms with van der Waals surface area (Å²) in [7, 11) is 1.54. The van der Waals surface area contributed by atoms with Crippen LogP contribution in [0.1, 0.15) is 11.1 Å². The molecule has 0 aliphatic rings. The van der Waals surface area contributed by atoms with Crippen molar-refractivity contribution in [2.45, 2.75) is 13.2 Å². The van der Waals surface area contributed by atoms with E-state index >= 15 is 0 Å². The van der Waals surface area contributed by atoms with E-state index in [1.54, 1.807) is 24.3 Å². The second-order valence-electron chi connectivity index (χ2n) is 6.13. The average Bonchev–Trinajstić information content (AvgIpc) is 2.70. The molecule has 29 heavy (non-hydrogen) atoms. The molecular formula is C21H16Cl4FNO2. The van der Waals surface area contributed by atoms with E-state index in [9.17, 15) is 4.39 Å². The Morgan fingerprint density at radius 2 is 1.59 bits per heavy atom. The molecule has 0 bridgehead atoms. The van der Waals surface area contributed by atoms with E-state index in [2.05, 4.69) is 5.32 Å². The molecule has 3 aromatic carbocycles. The highest BCUT2D eigenvalue weighted by atomic mass is 35.5. The number of nitrogens with one attached hydrogen (secondary N) is 1. The lowest BCUT2D eigenvalue weighted by atomic mass is 10.2. The molecule has 3 nitrogen and oxygen atoms in total. The summed E-state index contributed by atoms with van der Waals surface area (Å²) >= 11 is 24.2. The fraction of sp³-hybridized carbons (Fsp3) is 0.143. The van der Waals surface area contributed by atoms with Crippen molar-refractivity contribution in [3.63, 3.8) is 0 Å². The summed E-state index contributed by atoms with van der Waals surface area (Å²) in [5.74, 6) is 0.450. The van der Waals surface area contributed by atoms with E-state index in [1.807, 2.05) is 12.1 Å². The Labute approximate surface area is 188 Å². The van der Waals surface area contributed by atoms with Crippen molar-refractivity contribution in [3.05, 3.63) is 85.6 Å². The topological polar surface area (TPSA) is 30.5 Å². The predicted octanol–water partition coefficient (Wildman–Crippen LogP) is 7.64. The van der Waals surface area contributed by atoms with Crippen molar-refractivity contribution in [1.29, 1.82) is 0 Å². The number of methoxy groups -OCH3 is 1. The number of benzene rings is 3. The van der Waals surface area contributed by atoms with Gasteiger partial charge in [-0.15, -0.1) is 0 Å². The van der Waals surface area contributed by atoms with E-state index in [1.165, 1.54) is 19.2 Å². The van der Waals surface area contributed by atoms with Gasteiger partial charge in [0.25, 0.3) is 0 Å². The summed E-state index contributed by atoms with van der Waals surface area (Å²) in [6.45, 7) is 0.684. The highest BCUT2D eigenvalue weighted by Crippen LogP contribution is 2.37. The molecule has 0 aliphatic carbocycles. The van der Waals surface area contributed by atoms with E-state index < -0.39 is 5.82 Å². The van der Waals surface area contributed by atoms with Gasteiger partial charge in [0.1, 0.15) is 12.4 Å². The molecule has 0 atom stereocenters. The molecular weight excluding hydrogens is 459 g/mol. The van der Waals surface area contributed by atoms with Crippen LogP contribution in [0.4, 0.5) is 10.1 Å². The van der Waals surface area contributed by atoms with Crippen molar-refractivity contribution in [3.8, 4) is 11.5 Å². The maximum Gasteiger partial charge on any atom is 0.180 e. The second kappa shape index (κ2) is 9.77. The van der Waals surface area contributed by atoms with Crippen LogP contribution in [0.3, 0.4) is 0 Å². The van der Waals surface area contributed by atoms with Gasteiger partial charge in [0.15, 0.2) is 11.5 Å². The molecule has 8 heteroatoms. The number of ether oxygens (including phenoxy) is 2. The Hall–Kier alpha value is -1.85. The molecule has 0 amide bonds. The molecule has 0 aromatic heterocycles. The van der Waals surface area contributed by atoms with Crippen molar-refractivity contribution in [2.24, 2.45) is 0 Å². The highest BCUT2D eigenvalue weighted by molar-refractivity contribution is 6.42. The van der Waals surface area contributed by atoms with E-state index in [0.29, 0.717) is 38.8 Å². The second-order valence-corrected chi connectivity index (χ2v) is 7.76. The van der Waals surface area contributed by atoms with E-state index in [4.69, 9.17) is 55.9 Å². The molecule has 0 radical (unpaired) electrons. The summed E-state index contributed by atoms with van der Waals surface area (Å²) in [6, 6.07) is 13.3. The van der Waals surface area contributed by atoms with Gasteiger partial charge in [-0.25, -0.2) is 4.39 Å². The standard InChI is InChI=1S/C21H16Cl4FNO2/c1-28-20-8-13(10-27-14-3-5-19(26)17(24)9-14)7-18(25)21(20)29-11-12-2-4-15(22)16(23)6-12/h2-9,27H,10-11H2,1H3. The average molecular weight is 475 g/mol. The highest BCUT2D eigenvalue weighted by Gasteiger charge is 2.13. The zero-order chi connectivity index (χ0) is 21.0. The molecule has 0 spiro atoms. The molecule has 0 fully saturated rings. The maximum atomic E-state index is 13.3. The Morgan fingerprint density at radius 3 is 2.28 bits per heavy atom. The SMILES string of the molecule is COc1cc(CNc2ccc(F)c(Cl)c2)cc(Cl)c1OCc1ccc(Cl)c(Cl)c1. The van der Waals surface area contributed by atoms with Crippen LogP contribution in [0, 0.1) is 5.82 Å². The Bertz CT molecular complexity index is 1030. The zero-order valence-corrected chi connectivity index (χ0v) is 18.3. The zero-order valence-electron chi connectivity index (χ0n) is 15.2. The molecule has 1 N–H and O–H groups in total. The van der Waals surface area contributed by atoms with Crippen LogP contribution in [0.2, 0.25) is 20.1 Å². The third-order valence-electron chi connectivity index (χ3n) is 4.07. The van der Waals surface area contributed by atoms with Crippen LogP contribution in [0.25, 0.3) is 0 Å². The molecule has 0 saturated carbocycles. The molecule has 0 aliphatic heterocycles. The van der Waals surface area contributed by atoms with Gasteiger partial charge in [-0.3, -0.25) is 0 Å². The lowest BCUT2D eigenvalue weighted by Gasteiger charge is -2.15. The normalized spacial score (nSPS) is 10.7. The fourth-order valence-corrected chi connectivity index (χ4v) is 3.40. The Balaban J connectivity index is 1.72. The first-order chi connectivity index (χ1) is 13.9. The molecule has 0 unspecified atom stereocenters. The lowest BCUT2D eigenvalue weighted by Crippen LogP contribution is -2.03. The fourth-order valence-electron chi connectivity index (χ4n) is 2.61. The van der Waals surface area contributed by atoms with Crippen molar-refractivity contribution in [1.82, 2.24) is 0 Å². The lowest BCUT2D eigenvalue weighted by molar-refractivity contribution is 0.284. The minimum Gasteiger partial charge on any atom is -0.493 e. The van der Waals surface area contributed by atoms with Gasteiger partial charge in [0.2, 0.25) is 0 Å². The summed E-state index contributed by atoms with van der Waals surface area (Å²) < 4.78 is 24.6. The summed E-state index contributed by atoms with van der Waals surface area (Å²) in [6.07, 6.45) is 0. The van der Waals surface area contributed by atoms with Crippen LogP contribution in [-0.2, 0) is 13.2 Å². The molecule has 0 heterocycles. The summed E-state index contributed by atoms with van der Waals surface area (Å²) in [5, 5.41) is 4.55. The molecule has 0 saturated heterocycles. The third-order valence-corrected chi connectivity index (χ3v) is 5.38. The minimum absolute atomic E-state index is 0.0525. The van der Waals surface area contributed by atoms with Crippen LogP contribution < -0.4 is 14.8 Å². The minimum atomic E-state index is -0.467. The van der Waals surface area contributed by atoms with Crippen molar-refractivity contribution >= 4 is 52.1 Å². The van der Waals surface area contributed by atoms with Crippen LogP contribution in [0.5, 0.6) is 11.5 Å². The predicted molar refractivity (Wildman–Crippen MR) is 118 cm³/mol. The number of rotatable bonds is 7. The summed E-state index contributed by atoms with van der Waals surface area (Å²) in [5.41, 5.74) is 2.39. The smallest absolute Gasteiger partial charge is 0.180 e. The van der Waals surface area contributed by atoms with Gasteiger partial charge in [-0.05, 0) is 53.6 Å². The van der Waals surface area contributed by atoms with Gasteiger partial charge < -0.3 is 14.8 Å². The van der Waals surface area contributed by atoms with Crippen LogP contribution in [-0.4, -0.2) is 7.11 Å². The van der Waals surface area contributed by atoms with Crippen molar-refractivity contribution < 1.29 is 13.9 Å². The van der Waals surface area contributed by atoms with Gasteiger partial charge in [0.05, 0.1) is 27.2 Å². The van der Waals surface area contributed by atoms with E-state index in [-0.39, 0.29) is 11.6 Å². The molecule has 3 rings (SSSR count). The maximum absolute atomic E-state index is 13.3. The number of anilines is 1. The quantitative estimate of drug-likeness (QED) is 0.381. The molecule has 3 aromatic rings. The number of halogens is 5. The van der Waals surface area contributed by atoms with Crippen molar-refractivity contribution in [2.75, 3.05) is 12.4 Å². The van der Waals surface area contributed by atoms with Gasteiger partial charge in [-0.1, -0.05) is 52.5 Å². The molecule has 152 valence electrons. The first-order valence-electron chi connectivity index (χ1n) is 8.49. The first-order valence-corrected chi connectivity index (χ1v) is 10.0.